The molecule has 1 aliphatic rings. The SMILES string of the molecule is CCCCOCCNCCN1CCCCCC1. The minimum atomic E-state index is 0.861. The fraction of sp³-hybridized carbons (Fsp3) is 1.00. The highest BCUT2D eigenvalue weighted by Crippen LogP contribution is 2.08. The van der Waals surface area contributed by atoms with Crippen molar-refractivity contribution in [2.24, 2.45) is 0 Å². The van der Waals surface area contributed by atoms with Crippen molar-refractivity contribution in [3.05, 3.63) is 0 Å². The van der Waals surface area contributed by atoms with Gasteiger partial charge in [0.15, 0.2) is 0 Å². The lowest BCUT2D eigenvalue weighted by Crippen LogP contribution is -2.34. The summed E-state index contributed by atoms with van der Waals surface area (Å²) >= 11 is 0. The number of hydrogen-bond donors (Lipinski definition) is 1. The van der Waals surface area contributed by atoms with E-state index in [0.29, 0.717) is 0 Å². The molecule has 17 heavy (non-hydrogen) atoms. The molecule has 1 rings (SSSR count). The molecule has 102 valence electrons. The largest absolute Gasteiger partial charge is 0.380 e. The van der Waals surface area contributed by atoms with Crippen LogP contribution in [0.4, 0.5) is 0 Å². The topological polar surface area (TPSA) is 24.5 Å². The Morgan fingerprint density at radius 1 is 1.00 bits per heavy atom. The van der Waals surface area contributed by atoms with E-state index in [1.54, 1.807) is 0 Å². The molecule has 1 fully saturated rings. The number of likely N-dealkylation sites (tertiary alicyclic amines) is 1. The van der Waals surface area contributed by atoms with Crippen molar-refractivity contribution in [1.82, 2.24) is 10.2 Å². The molecular formula is C14H30N2O. The third-order valence-electron chi connectivity index (χ3n) is 3.37. The van der Waals surface area contributed by atoms with Gasteiger partial charge in [0.25, 0.3) is 0 Å². The Morgan fingerprint density at radius 2 is 1.76 bits per heavy atom. The van der Waals surface area contributed by atoms with E-state index in [0.717, 1.165) is 26.3 Å². The zero-order valence-corrected chi connectivity index (χ0v) is 11.5. The monoisotopic (exact) mass is 242 g/mol. The van der Waals surface area contributed by atoms with Crippen molar-refractivity contribution in [1.29, 1.82) is 0 Å². The van der Waals surface area contributed by atoms with Gasteiger partial charge in [0.2, 0.25) is 0 Å². The highest BCUT2D eigenvalue weighted by atomic mass is 16.5. The predicted molar refractivity (Wildman–Crippen MR) is 73.5 cm³/mol. The lowest BCUT2D eigenvalue weighted by Gasteiger charge is -2.19. The van der Waals surface area contributed by atoms with E-state index in [-0.39, 0.29) is 0 Å². The first kappa shape index (κ1) is 14.9. The number of nitrogens with zero attached hydrogens (tertiary/aromatic N) is 1. The van der Waals surface area contributed by atoms with Gasteiger partial charge in [-0.05, 0) is 32.4 Å². The molecule has 0 aromatic rings. The predicted octanol–water partition coefficient (Wildman–Crippen LogP) is 2.27. The van der Waals surface area contributed by atoms with E-state index in [1.165, 1.54) is 58.2 Å². The molecule has 0 saturated carbocycles. The molecular weight excluding hydrogens is 212 g/mol. The van der Waals surface area contributed by atoms with Crippen LogP contribution in [0.15, 0.2) is 0 Å². The quantitative estimate of drug-likeness (QED) is 0.628. The van der Waals surface area contributed by atoms with Crippen LogP contribution >= 0.6 is 0 Å². The molecule has 3 heteroatoms. The summed E-state index contributed by atoms with van der Waals surface area (Å²) in [7, 11) is 0. The normalized spacial score (nSPS) is 18.2. The van der Waals surface area contributed by atoms with Crippen LogP contribution in [0.1, 0.15) is 45.4 Å². The molecule has 0 unspecified atom stereocenters. The fourth-order valence-electron chi connectivity index (χ4n) is 2.21. The molecule has 1 aliphatic heterocycles. The molecule has 0 radical (unpaired) electrons. The van der Waals surface area contributed by atoms with Gasteiger partial charge >= 0.3 is 0 Å². The highest BCUT2D eigenvalue weighted by molar-refractivity contribution is 4.64. The third kappa shape index (κ3) is 8.58. The summed E-state index contributed by atoms with van der Waals surface area (Å²) in [4.78, 5) is 2.60. The van der Waals surface area contributed by atoms with E-state index >= 15 is 0 Å². The summed E-state index contributed by atoms with van der Waals surface area (Å²) in [6.45, 7) is 9.89. The van der Waals surface area contributed by atoms with Crippen molar-refractivity contribution in [3.63, 3.8) is 0 Å². The van der Waals surface area contributed by atoms with Gasteiger partial charge in [0.1, 0.15) is 0 Å². The Balaban J connectivity index is 1.82. The van der Waals surface area contributed by atoms with E-state index in [1.807, 2.05) is 0 Å². The third-order valence-corrected chi connectivity index (χ3v) is 3.37. The van der Waals surface area contributed by atoms with Gasteiger partial charge in [-0.15, -0.1) is 0 Å². The number of nitrogens with one attached hydrogen (secondary N) is 1. The molecule has 3 nitrogen and oxygen atoms in total. The standard InChI is InChI=1S/C14H30N2O/c1-2-3-13-17-14-9-15-8-12-16-10-6-4-5-7-11-16/h15H,2-14H2,1H3. The molecule has 1 N–H and O–H groups in total. The van der Waals surface area contributed by atoms with Crippen LogP contribution in [-0.4, -0.2) is 50.8 Å². The first-order chi connectivity index (χ1) is 8.43. The maximum Gasteiger partial charge on any atom is 0.0590 e. The van der Waals surface area contributed by atoms with Gasteiger partial charge < -0.3 is 15.0 Å². The van der Waals surface area contributed by atoms with E-state index in [9.17, 15) is 0 Å². The van der Waals surface area contributed by atoms with Crippen LogP contribution < -0.4 is 5.32 Å². The van der Waals surface area contributed by atoms with Crippen molar-refractivity contribution >= 4 is 0 Å². The summed E-state index contributed by atoms with van der Waals surface area (Å²) in [5.41, 5.74) is 0. The fourth-order valence-corrected chi connectivity index (χ4v) is 2.21. The molecule has 0 bridgehead atoms. The van der Waals surface area contributed by atoms with Crippen molar-refractivity contribution in [2.75, 3.05) is 45.9 Å². The van der Waals surface area contributed by atoms with Gasteiger partial charge in [-0.1, -0.05) is 26.2 Å². The maximum atomic E-state index is 5.51. The smallest absolute Gasteiger partial charge is 0.0590 e. The second-order valence-corrected chi connectivity index (χ2v) is 4.97. The Kier molecular flexibility index (Phi) is 9.66. The lowest BCUT2D eigenvalue weighted by molar-refractivity contribution is 0.132. The van der Waals surface area contributed by atoms with Crippen LogP contribution in [0.2, 0.25) is 0 Å². The maximum absolute atomic E-state index is 5.51. The molecule has 0 amide bonds. The Morgan fingerprint density at radius 3 is 2.47 bits per heavy atom. The second kappa shape index (κ2) is 11.0. The summed E-state index contributed by atoms with van der Waals surface area (Å²) in [5.74, 6) is 0. The van der Waals surface area contributed by atoms with E-state index < -0.39 is 0 Å². The summed E-state index contributed by atoms with van der Waals surface area (Å²) < 4.78 is 5.51. The number of rotatable bonds is 9. The Bertz CT molecular complexity index is 156. The highest BCUT2D eigenvalue weighted by Gasteiger charge is 2.07. The zero-order valence-electron chi connectivity index (χ0n) is 11.5. The van der Waals surface area contributed by atoms with Crippen LogP contribution in [0.5, 0.6) is 0 Å². The lowest BCUT2D eigenvalue weighted by atomic mass is 10.2. The first-order valence-corrected chi connectivity index (χ1v) is 7.44. The minimum absolute atomic E-state index is 0.861. The molecule has 0 atom stereocenters. The van der Waals surface area contributed by atoms with Crippen LogP contribution in [0, 0.1) is 0 Å². The summed E-state index contributed by atoms with van der Waals surface area (Å²) in [5, 5.41) is 3.46. The molecule has 0 aromatic heterocycles. The van der Waals surface area contributed by atoms with E-state index in [2.05, 4.69) is 17.1 Å². The van der Waals surface area contributed by atoms with Crippen LogP contribution in [0.25, 0.3) is 0 Å². The van der Waals surface area contributed by atoms with Crippen molar-refractivity contribution in [2.45, 2.75) is 45.4 Å². The first-order valence-electron chi connectivity index (χ1n) is 7.44. The molecule has 0 aliphatic carbocycles. The molecule has 1 heterocycles. The molecule has 0 aromatic carbocycles. The van der Waals surface area contributed by atoms with Gasteiger partial charge in [-0.3, -0.25) is 0 Å². The average molecular weight is 242 g/mol. The van der Waals surface area contributed by atoms with Gasteiger partial charge in [0, 0.05) is 26.2 Å². The van der Waals surface area contributed by atoms with E-state index in [4.69, 9.17) is 4.74 Å². The number of hydrogen-bond acceptors (Lipinski definition) is 3. The second-order valence-electron chi connectivity index (χ2n) is 4.97. The van der Waals surface area contributed by atoms with Gasteiger partial charge in [-0.25, -0.2) is 0 Å². The van der Waals surface area contributed by atoms with Gasteiger partial charge in [-0.2, -0.15) is 0 Å². The van der Waals surface area contributed by atoms with Crippen LogP contribution in [0.3, 0.4) is 0 Å². The summed E-state index contributed by atoms with van der Waals surface area (Å²) in [6, 6.07) is 0. The minimum Gasteiger partial charge on any atom is -0.380 e. The van der Waals surface area contributed by atoms with Gasteiger partial charge in [0.05, 0.1) is 6.61 Å². The average Bonchev–Trinajstić information content (AvgIpc) is 2.61. The van der Waals surface area contributed by atoms with Crippen LogP contribution in [-0.2, 0) is 4.74 Å². The Labute approximate surface area is 107 Å². The summed E-state index contributed by atoms with van der Waals surface area (Å²) in [6.07, 6.45) is 8.04. The number of ether oxygens (including phenoxy) is 1. The van der Waals surface area contributed by atoms with Crippen molar-refractivity contribution in [3.8, 4) is 0 Å². The zero-order chi connectivity index (χ0) is 12.2. The molecule has 1 saturated heterocycles. The van der Waals surface area contributed by atoms with Crippen molar-refractivity contribution < 1.29 is 4.74 Å². The number of unbranched alkanes of at least 4 members (excludes halogenated alkanes) is 1. The Hall–Kier alpha value is -0.120. The molecule has 0 spiro atoms.